The van der Waals surface area contributed by atoms with Crippen molar-refractivity contribution in [2.75, 3.05) is 11.1 Å². The first-order chi connectivity index (χ1) is 10.3. The van der Waals surface area contributed by atoms with Crippen molar-refractivity contribution in [2.45, 2.75) is 17.9 Å². The second kappa shape index (κ2) is 8.02. The molecule has 0 spiro atoms. The molecule has 0 saturated heterocycles. The highest BCUT2D eigenvalue weighted by Crippen LogP contribution is 2.15. The van der Waals surface area contributed by atoms with E-state index in [1.54, 1.807) is 54.6 Å². The van der Waals surface area contributed by atoms with Gasteiger partial charge in [0.25, 0.3) is 0 Å². The van der Waals surface area contributed by atoms with Crippen LogP contribution in [0, 0.1) is 11.3 Å². The summed E-state index contributed by atoms with van der Waals surface area (Å²) in [5.41, 5.74) is 1.29. The van der Waals surface area contributed by atoms with E-state index >= 15 is 0 Å². The molecular formula is C15H14N4OS. The maximum absolute atomic E-state index is 11.8. The van der Waals surface area contributed by atoms with Gasteiger partial charge in [-0.2, -0.15) is 5.26 Å². The monoisotopic (exact) mass is 298 g/mol. The number of nitrogens with zero attached hydrogens (tertiary/aromatic N) is 3. The summed E-state index contributed by atoms with van der Waals surface area (Å²) in [4.78, 5) is 19.9. The van der Waals surface area contributed by atoms with Crippen LogP contribution in [0.3, 0.4) is 0 Å². The van der Waals surface area contributed by atoms with Crippen molar-refractivity contribution < 1.29 is 4.79 Å². The summed E-state index contributed by atoms with van der Waals surface area (Å²) >= 11 is 1.58. The molecule has 0 fully saturated rings. The van der Waals surface area contributed by atoms with Gasteiger partial charge in [-0.3, -0.25) is 9.78 Å². The van der Waals surface area contributed by atoms with Gasteiger partial charge in [0, 0.05) is 30.3 Å². The number of benzene rings is 1. The summed E-state index contributed by atoms with van der Waals surface area (Å²) < 4.78 is 0. The highest BCUT2D eigenvalue weighted by atomic mass is 32.2. The lowest BCUT2D eigenvalue weighted by molar-refractivity contribution is -0.116. The van der Waals surface area contributed by atoms with E-state index in [2.05, 4.69) is 15.3 Å². The third kappa shape index (κ3) is 5.24. The van der Waals surface area contributed by atoms with Crippen molar-refractivity contribution >= 4 is 23.4 Å². The number of hydrogen-bond donors (Lipinski definition) is 1. The molecule has 21 heavy (non-hydrogen) atoms. The molecule has 0 unspecified atom stereocenters. The van der Waals surface area contributed by atoms with Crippen LogP contribution in [0.5, 0.6) is 0 Å². The molecule has 5 nitrogen and oxygen atoms in total. The van der Waals surface area contributed by atoms with E-state index in [4.69, 9.17) is 5.26 Å². The minimum Gasteiger partial charge on any atom is -0.326 e. The SMILES string of the molecule is N#Cc1ccc(NC(=O)CCCSc2cnccn2)cc1. The number of nitriles is 1. The van der Waals surface area contributed by atoms with Gasteiger partial charge in [-0.05, 0) is 30.7 Å². The van der Waals surface area contributed by atoms with Gasteiger partial charge in [-0.25, -0.2) is 4.98 Å². The van der Waals surface area contributed by atoms with Crippen LogP contribution in [0.4, 0.5) is 5.69 Å². The summed E-state index contributed by atoms with van der Waals surface area (Å²) in [6.07, 6.45) is 6.22. The van der Waals surface area contributed by atoms with Crippen LogP contribution in [-0.2, 0) is 4.79 Å². The van der Waals surface area contributed by atoms with E-state index in [1.807, 2.05) is 6.07 Å². The molecule has 0 aliphatic rings. The fraction of sp³-hybridized carbons (Fsp3) is 0.200. The van der Waals surface area contributed by atoms with Gasteiger partial charge in [0.1, 0.15) is 5.03 Å². The van der Waals surface area contributed by atoms with Crippen LogP contribution in [0.2, 0.25) is 0 Å². The number of anilines is 1. The standard InChI is InChI=1S/C15H14N4OS/c16-10-12-3-5-13(6-4-12)19-14(20)2-1-9-21-15-11-17-7-8-18-15/h3-8,11H,1-2,9H2,(H,19,20). The number of carbonyl (C=O) groups is 1. The predicted octanol–water partition coefficient (Wildman–Crippen LogP) is 2.86. The number of amides is 1. The molecular weight excluding hydrogens is 284 g/mol. The molecule has 0 aliphatic heterocycles. The Morgan fingerprint density at radius 1 is 1.29 bits per heavy atom. The van der Waals surface area contributed by atoms with E-state index in [-0.39, 0.29) is 5.91 Å². The third-order valence-electron chi connectivity index (χ3n) is 2.64. The topological polar surface area (TPSA) is 78.7 Å². The van der Waals surface area contributed by atoms with Gasteiger partial charge in [-0.15, -0.1) is 11.8 Å². The third-order valence-corrected chi connectivity index (χ3v) is 3.63. The van der Waals surface area contributed by atoms with Crippen molar-refractivity contribution in [1.29, 1.82) is 5.26 Å². The van der Waals surface area contributed by atoms with Crippen molar-refractivity contribution in [2.24, 2.45) is 0 Å². The Kier molecular flexibility index (Phi) is 5.73. The highest BCUT2D eigenvalue weighted by Gasteiger charge is 2.03. The quantitative estimate of drug-likeness (QED) is 0.655. The van der Waals surface area contributed by atoms with Gasteiger partial charge < -0.3 is 5.32 Å². The Balaban J connectivity index is 1.69. The second-order valence-corrected chi connectivity index (χ2v) is 5.35. The van der Waals surface area contributed by atoms with Crippen LogP contribution < -0.4 is 5.32 Å². The van der Waals surface area contributed by atoms with E-state index in [9.17, 15) is 4.79 Å². The molecule has 1 heterocycles. The zero-order chi connectivity index (χ0) is 14.9. The molecule has 0 radical (unpaired) electrons. The normalized spacial score (nSPS) is 9.86. The lowest BCUT2D eigenvalue weighted by Crippen LogP contribution is -2.11. The first-order valence-electron chi connectivity index (χ1n) is 6.47. The smallest absolute Gasteiger partial charge is 0.224 e. The van der Waals surface area contributed by atoms with E-state index in [0.29, 0.717) is 17.7 Å². The maximum Gasteiger partial charge on any atom is 0.224 e. The Hall–Kier alpha value is -2.39. The first kappa shape index (κ1) is 15.0. The average Bonchev–Trinajstić information content (AvgIpc) is 2.53. The fourth-order valence-electron chi connectivity index (χ4n) is 1.62. The van der Waals surface area contributed by atoms with E-state index in [1.165, 1.54) is 0 Å². The van der Waals surface area contributed by atoms with Gasteiger partial charge in [0.05, 0.1) is 17.8 Å². The van der Waals surface area contributed by atoms with Gasteiger partial charge in [-0.1, -0.05) is 0 Å². The number of hydrogen-bond acceptors (Lipinski definition) is 5. The molecule has 0 atom stereocenters. The van der Waals surface area contributed by atoms with Crippen molar-refractivity contribution in [3.8, 4) is 6.07 Å². The molecule has 0 aliphatic carbocycles. The fourth-order valence-corrected chi connectivity index (χ4v) is 2.39. The van der Waals surface area contributed by atoms with Crippen molar-refractivity contribution in [3.63, 3.8) is 0 Å². The Labute approximate surface area is 127 Å². The lowest BCUT2D eigenvalue weighted by atomic mass is 10.2. The molecule has 2 rings (SSSR count). The van der Waals surface area contributed by atoms with Crippen LogP contribution >= 0.6 is 11.8 Å². The largest absolute Gasteiger partial charge is 0.326 e. The zero-order valence-electron chi connectivity index (χ0n) is 11.3. The molecule has 1 aromatic heterocycles. The number of aromatic nitrogens is 2. The van der Waals surface area contributed by atoms with Gasteiger partial charge in [0.15, 0.2) is 0 Å². The Bertz CT molecular complexity index is 622. The lowest BCUT2D eigenvalue weighted by Gasteiger charge is -2.05. The predicted molar refractivity (Wildman–Crippen MR) is 81.8 cm³/mol. The van der Waals surface area contributed by atoms with Gasteiger partial charge in [0.2, 0.25) is 5.91 Å². The molecule has 0 saturated carbocycles. The van der Waals surface area contributed by atoms with Crippen molar-refractivity contribution in [3.05, 3.63) is 48.4 Å². The molecule has 1 amide bonds. The number of rotatable bonds is 6. The summed E-state index contributed by atoms with van der Waals surface area (Å²) in [5.74, 6) is 0.791. The molecule has 1 N–H and O–H groups in total. The van der Waals surface area contributed by atoms with E-state index < -0.39 is 0 Å². The Morgan fingerprint density at radius 2 is 2.10 bits per heavy atom. The highest BCUT2D eigenvalue weighted by molar-refractivity contribution is 7.99. The van der Waals surface area contributed by atoms with Crippen molar-refractivity contribution in [1.82, 2.24) is 9.97 Å². The first-order valence-corrected chi connectivity index (χ1v) is 7.45. The molecule has 1 aromatic carbocycles. The summed E-state index contributed by atoms with van der Waals surface area (Å²) in [5, 5.41) is 12.4. The molecule has 6 heteroatoms. The summed E-state index contributed by atoms with van der Waals surface area (Å²) in [7, 11) is 0. The molecule has 0 bridgehead atoms. The summed E-state index contributed by atoms with van der Waals surface area (Å²) in [6, 6.07) is 8.85. The zero-order valence-corrected chi connectivity index (χ0v) is 12.1. The van der Waals surface area contributed by atoms with Gasteiger partial charge >= 0.3 is 0 Å². The minimum atomic E-state index is -0.0283. The molecule has 106 valence electrons. The van der Waals surface area contributed by atoms with Crippen LogP contribution in [0.15, 0.2) is 47.9 Å². The second-order valence-electron chi connectivity index (χ2n) is 4.23. The Morgan fingerprint density at radius 3 is 2.76 bits per heavy atom. The minimum absolute atomic E-state index is 0.0283. The van der Waals surface area contributed by atoms with Crippen LogP contribution in [-0.4, -0.2) is 21.6 Å². The van der Waals surface area contributed by atoms with E-state index in [0.717, 1.165) is 17.2 Å². The number of thioether (sulfide) groups is 1. The number of nitrogens with one attached hydrogen (secondary N) is 1. The average molecular weight is 298 g/mol. The maximum atomic E-state index is 11.8. The number of carbonyl (C=O) groups excluding carboxylic acids is 1. The summed E-state index contributed by atoms with van der Waals surface area (Å²) in [6.45, 7) is 0. The van der Waals surface area contributed by atoms with Crippen LogP contribution in [0.1, 0.15) is 18.4 Å². The molecule has 2 aromatic rings. The van der Waals surface area contributed by atoms with Crippen LogP contribution in [0.25, 0.3) is 0 Å².